The summed E-state index contributed by atoms with van der Waals surface area (Å²) in [5.74, 6) is -0.125. The number of hydrogen-bond acceptors (Lipinski definition) is 2. The molecule has 0 bridgehead atoms. The topological polar surface area (TPSA) is 61.2 Å². The quantitative estimate of drug-likeness (QED) is 0.538. The molecule has 0 spiro atoms. The summed E-state index contributed by atoms with van der Waals surface area (Å²) in [6.07, 6.45) is 1.89. The Hall–Kier alpha value is -3.44. The SMILES string of the molecule is Cc1cccc(C(=O)N[C@@H]2C(=O)N/[N+](=C\c3ccc(C(C)C)cc3)[C@H]2c2ccc(Cl)cc2)c1. The minimum absolute atomic E-state index is 0.272. The highest BCUT2D eigenvalue weighted by Gasteiger charge is 2.47. The molecule has 3 aromatic rings. The molecule has 0 radical (unpaired) electrons. The molecule has 6 heteroatoms. The second-order valence-electron chi connectivity index (χ2n) is 8.65. The number of rotatable bonds is 5. The van der Waals surface area contributed by atoms with Gasteiger partial charge in [-0.2, -0.15) is 0 Å². The second kappa shape index (κ2) is 9.59. The van der Waals surface area contributed by atoms with Crippen molar-refractivity contribution in [3.05, 3.63) is 106 Å². The Kier molecular flexibility index (Phi) is 6.61. The summed E-state index contributed by atoms with van der Waals surface area (Å²) in [6, 6.07) is 21.6. The van der Waals surface area contributed by atoms with Crippen LogP contribution < -0.4 is 10.7 Å². The summed E-state index contributed by atoms with van der Waals surface area (Å²) in [5, 5.41) is 3.54. The Morgan fingerprint density at radius 2 is 1.76 bits per heavy atom. The molecular weight excluding hydrogens is 434 g/mol. The van der Waals surface area contributed by atoms with Crippen molar-refractivity contribution in [3.63, 3.8) is 0 Å². The Bertz CT molecular complexity index is 1200. The summed E-state index contributed by atoms with van der Waals surface area (Å²) in [7, 11) is 0. The number of nitrogens with one attached hydrogen (secondary N) is 2. The van der Waals surface area contributed by atoms with Gasteiger partial charge in [0.2, 0.25) is 12.3 Å². The summed E-state index contributed by atoms with van der Waals surface area (Å²) in [6.45, 7) is 6.23. The molecule has 1 fully saturated rings. The summed E-state index contributed by atoms with van der Waals surface area (Å²) < 4.78 is 1.76. The number of nitrogens with zero attached hydrogens (tertiary/aromatic N) is 1. The van der Waals surface area contributed by atoms with Crippen molar-refractivity contribution < 1.29 is 14.3 Å². The minimum atomic E-state index is -0.773. The van der Waals surface area contributed by atoms with Gasteiger partial charge in [0.05, 0.1) is 0 Å². The zero-order valence-corrected chi connectivity index (χ0v) is 19.6. The minimum Gasteiger partial charge on any atom is -0.334 e. The molecule has 0 aromatic heterocycles. The molecule has 2 atom stereocenters. The first-order chi connectivity index (χ1) is 15.8. The van der Waals surface area contributed by atoms with E-state index in [1.54, 1.807) is 28.9 Å². The van der Waals surface area contributed by atoms with Crippen molar-refractivity contribution in [1.82, 2.24) is 10.7 Å². The number of carbonyl (C=O) groups is 2. The van der Waals surface area contributed by atoms with Crippen LogP contribution >= 0.6 is 11.6 Å². The molecule has 1 aliphatic heterocycles. The molecule has 168 valence electrons. The maximum Gasteiger partial charge on any atom is 0.304 e. The number of benzene rings is 3. The molecule has 0 unspecified atom stereocenters. The number of halogens is 1. The van der Waals surface area contributed by atoms with Crippen LogP contribution in [-0.2, 0) is 4.79 Å². The van der Waals surface area contributed by atoms with Crippen LogP contribution in [-0.4, -0.2) is 28.8 Å². The maximum absolute atomic E-state index is 13.0. The van der Waals surface area contributed by atoms with Crippen molar-refractivity contribution in [1.29, 1.82) is 0 Å². The molecule has 1 aliphatic rings. The molecule has 2 amide bonds. The molecule has 33 heavy (non-hydrogen) atoms. The van der Waals surface area contributed by atoms with E-state index in [0.29, 0.717) is 16.5 Å². The van der Waals surface area contributed by atoms with E-state index in [4.69, 9.17) is 11.6 Å². The van der Waals surface area contributed by atoms with Gasteiger partial charge in [-0.15, -0.1) is 10.1 Å². The van der Waals surface area contributed by atoms with Gasteiger partial charge in [-0.25, -0.2) is 0 Å². The molecule has 0 aliphatic carbocycles. The van der Waals surface area contributed by atoms with Crippen molar-refractivity contribution in [2.45, 2.75) is 38.8 Å². The third-order valence-electron chi connectivity index (χ3n) is 5.81. The molecule has 4 rings (SSSR count). The largest absolute Gasteiger partial charge is 0.334 e. The number of hydrazine groups is 1. The highest BCUT2D eigenvalue weighted by atomic mass is 35.5. The van der Waals surface area contributed by atoms with E-state index in [9.17, 15) is 9.59 Å². The predicted molar refractivity (Wildman–Crippen MR) is 131 cm³/mol. The molecule has 5 nitrogen and oxygen atoms in total. The lowest BCUT2D eigenvalue weighted by Gasteiger charge is -2.15. The highest BCUT2D eigenvalue weighted by molar-refractivity contribution is 6.30. The van der Waals surface area contributed by atoms with Gasteiger partial charge in [0, 0.05) is 21.7 Å². The number of hydrazone groups is 1. The van der Waals surface area contributed by atoms with Crippen LogP contribution in [0.2, 0.25) is 5.02 Å². The van der Waals surface area contributed by atoms with E-state index in [0.717, 1.165) is 16.7 Å². The van der Waals surface area contributed by atoms with E-state index in [-0.39, 0.29) is 11.8 Å². The average Bonchev–Trinajstić information content (AvgIpc) is 3.09. The van der Waals surface area contributed by atoms with E-state index in [1.165, 1.54) is 5.56 Å². The van der Waals surface area contributed by atoms with E-state index < -0.39 is 12.1 Å². The van der Waals surface area contributed by atoms with Gasteiger partial charge in [0.1, 0.15) is 0 Å². The Morgan fingerprint density at radius 1 is 1.06 bits per heavy atom. The summed E-state index contributed by atoms with van der Waals surface area (Å²) in [4.78, 5) is 25.9. The normalized spacial score (nSPS) is 19.1. The Labute approximate surface area is 199 Å². The fourth-order valence-corrected chi connectivity index (χ4v) is 4.10. The van der Waals surface area contributed by atoms with Crippen LogP contribution in [0.4, 0.5) is 0 Å². The van der Waals surface area contributed by atoms with Gasteiger partial charge in [0.15, 0.2) is 6.04 Å². The smallest absolute Gasteiger partial charge is 0.304 e. The highest BCUT2D eigenvalue weighted by Crippen LogP contribution is 2.27. The van der Waals surface area contributed by atoms with Gasteiger partial charge in [-0.05, 0) is 54.8 Å². The fraction of sp³-hybridized carbons (Fsp3) is 0.222. The second-order valence-corrected chi connectivity index (χ2v) is 9.09. The summed E-state index contributed by atoms with van der Waals surface area (Å²) in [5.41, 5.74) is 7.47. The van der Waals surface area contributed by atoms with Crippen LogP contribution in [0, 0.1) is 6.92 Å². The zero-order valence-electron chi connectivity index (χ0n) is 18.9. The number of carbonyl (C=O) groups excluding carboxylic acids is 2. The van der Waals surface area contributed by atoms with Gasteiger partial charge in [-0.3, -0.25) is 9.59 Å². The van der Waals surface area contributed by atoms with Gasteiger partial charge < -0.3 is 5.32 Å². The van der Waals surface area contributed by atoms with Crippen molar-refractivity contribution in [3.8, 4) is 0 Å². The van der Waals surface area contributed by atoms with Gasteiger partial charge >= 0.3 is 5.91 Å². The average molecular weight is 461 g/mol. The van der Waals surface area contributed by atoms with Crippen LogP contribution in [0.15, 0.2) is 72.8 Å². The monoisotopic (exact) mass is 460 g/mol. The first kappa shape index (κ1) is 22.7. The molecule has 2 N–H and O–H groups in total. The van der Waals surface area contributed by atoms with E-state index >= 15 is 0 Å². The van der Waals surface area contributed by atoms with Crippen molar-refractivity contribution in [2.24, 2.45) is 0 Å². The Morgan fingerprint density at radius 3 is 2.39 bits per heavy atom. The maximum atomic E-state index is 13.0. The van der Waals surface area contributed by atoms with Crippen molar-refractivity contribution >= 4 is 29.6 Å². The zero-order chi connectivity index (χ0) is 23.5. The molecular formula is C27H27ClN3O2+. The standard InChI is InChI=1S/C27H26ClN3O2/c1-17(2)20-9-7-19(8-10-20)16-31-25(21-11-13-23(28)14-12-21)24(27(33)30-31)29-26(32)22-6-4-5-18(3)15-22/h4-17,24-25H,1-3H3,(H-,29,30,32,33)/p+1/b31-16-/t24-,25-/m0/s1. The van der Waals surface area contributed by atoms with E-state index in [2.05, 4.69) is 36.7 Å². The predicted octanol–water partition coefficient (Wildman–Crippen LogP) is 4.79. The van der Waals surface area contributed by atoms with Crippen LogP contribution in [0.1, 0.15) is 58.4 Å². The fourth-order valence-electron chi connectivity index (χ4n) is 3.98. The van der Waals surface area contributed by atoms with Gasteiger partial charge in [0.25, 0.3) is 5.91 Å². The third kappa shape index (κ3) is 5.15. The van der Waals surface area contributed by atoms with Crippen LogP contribution in [0.5, 0.6) is 0 Å². The first-order valence-electron chi connectivity index (χ1n) is 11.0. The first-order valence-corrected chi connectivity index (χ1v) is 11.4. The Balaban J connectivity index is 1.69. The molecule has 1 heterocycles. The summed E-state index contributed by atoms with van der Waals surface area (Å²) >= 11 is 6.10. The lowest BCUT2D eigenvalue weighted by molar-refractivity contribution is -0.596. The van der Waals surface area contributed by atoms with Gasteiger partial charge in [-0.1, -0.05) is 67.4 Å². The molecule has 1 saturated heterocycles. The van der Waals surface area contributed by atoms with Crippen molar-refractivity contribution in [2.75, 3.05) is 0 Å². The molecule has 3 aromatic carbocycles. The lowest BCUT2D eigenvalue weighted by atomic mass is 9.99. The number of hydrogen-bond donors (Lipinski definition) is 2. The number of amides is 2. The van der Waals surface area contributed by atoms with E-state index in [1.807, 2.05) is 49.5 Å². The van der Waals surface area contributed by atoms with Crippen LogP contribution in [0.3, 0.4) is 0 Å². The molecule has 0 saturated carbocycles. The number of aryl methyl sites for hydroxylation is 1. The third-order valence-corrected chi connectivity index (χ3v) is 6.06. The van der Waals surface area contributed by atoms with Crippen LogP contribution in [0.25, 0.3) is 0 Å². The lowest BCUT2D eigenvalue weighted by Crippen LogP contribution is -2.42.